The Labute approximate surface area is 122 Å². The molecule has 0 spiro atoms. The van der Waals surface area contributed by atoms with Crippen LogP contribution in [0.2, 0.25) is 0 Å². The van der Waals surface area contributed by atoms with Crippen molar-refractivity contribution in [2.24, 2.45) is 0 Å². The Balaban J connectivity index is 2.87. The number of anilines is 1. The van der Waals surface area contributed by atoms with Crippen LogP contribution in [0.4, 0.5) is 5.69 Å². The van der Waals surface area contributed by atoms with Crippen molar-refractivity contribution in [2.45, 2.75) is 39.3 Å². The van der Waals surface area contributed by atoms with Gasteiger partial charge in [0, 0.05) is 31.9 Å². The number of methoxy groups -OCH3 is 2. The lowest BCUT2D eigenvalue weighted by Gasteiger charge is -2.30. The predicted molar refractivity (Wildman–Crippen MR) is 84.1 cm³/mol. The first-order chi connectivity index (χ1) is 9.65. The number of hydrogen-bond donors (Lipinski definition) is 1. The van der Waals surface area contributed by atoms with E-state index >= 15 is 0 Å². The minimum absolute atomic E-state index is 0.552. The first-order valence-electron chi connectivity index (χ1n) is 7.31. The summed E-state index contributed by atoms with van der Waals surface area (Å²) in [5.41, 5.74) is 8.03. The molecule has 1 aromatic carbocycles. The van der Waals surface area contributed by atoms with Gasteiger partial charge >= 0.3 is 0 Å². The zero-order chi connectivity index (χ0) is 15.0. The van der Waals surface area contributed by atoms with Crippen LogP contribution in [0.1, 0.15) is 32.3 Å². The second-order valence-electron chi connectivity index (χ2n) is 5.00. The average molecular weight is 280 g/mol. The summed E-state index contributed by atoms with van der Waals surface area (Å²) < 4.78 is 10.5. The van der Waals surface area contributed by atoms with Gasteiger partial charge < -0.3 is 15.2 Å². The molecule has 0 bridgehead atoms. The SMILES string of the molecule is CCC(CC)N(CCOC)Cc1cc(OC)ccc1N. The van der Waals surface area contributed by atoms with Gasteiger partial charge in [-0.3, -0.25) is 4.90 Å². The molecule has 0 amide bonds. The monoisotopic (exact) mass is 280 g/mol. The highest BCUT2D eigenvalue weighted by Gasteiger charge is 2.16. The minimum atomic E-state index is 0.552. The van der Waals surface area contributed by atoms with Crippen LogP contribution in [0.3, 0.4) is 0 Å². The minimum Gasteiger partial charge on any atom is -0.497 e. The second-order valence-corrected chi connectivity index (χ2v) is 5.00. The summed E-state index contributed by atoms with van der Waals surface area (Å²) in [4.78, 5) is 2.44. The molecule has 1 rings (SSSR count). The molecule has 114 valence electrons. The van der Waals surface area contributed by atoms with Crippen molar-refractivity contribution in [1.29, 1.82) is 0 Å². The molecular formula is C16H28N2O2. The number of nitrogen functional groups attached to an aromatic ring is 1. The summed E-state index contributed by atoms with van der Waals surface area (Å²) in [6.07, 6.45) is 2.26. The molecule has 0 saturated heterocycles. The summed E-state index contributed by atoms with van der Waals surface area (Å²) in [7, 11) is 3.42. The highest BCUT2D eigenvalue weighted by atomic mass is 16.5. The fourth-order valence-electron chi connectivity index (χ4n) is 2.47. The lowest BCUT2D eigenvalue weighted by molar-refractivity contribution is 0.110. The normalized spacial score (nSPS) is 11.3. The summed E-state index contributed by atoms with van der Waals surface area (Å²) >= 11 is 0. The third-order valence-corrected chi connectivity index (χ3v) is 3.77. The highest BCUT2D eigenvalue weighted by Crippen LogP contribution is 2.22. The number of hydrogen-bond acceptors (Lipinski definition) is 4. The molecule has 0 heterocycles. The van der Waals surface area contributed by atoms with E-state index in [1.807, 2.05) is 18.2 Å². The van der Waals surface area contributed by atoms with Crippen LogP contribution in [-0.4, -0.2) is 38.3 Å². The molecule has 0 aromatic heterocycles. The molecule has 20 heavy (non-hydrogen) atoms. The van der Waals surface area contributed by atoms with Gasteiger partial charge in [-0.1, -0.05) is 13.8 Å². The summed E-state index contributed by atoms with van der Waals surface area (Å²) in [5, 5.41) is 0. The summed E-state index contributed by atoms with van der Waals surface area (Å²) in [5.74, 6) is 0.852. The number of nitrogens with two attached hydrogens (primary N) is 1. The van der Waals surface area contributed by atoms with Gasteiger partial charge in [0.15, 0.2) is 0 Å². The average Bonchev–Trinajstić information content (AvgIpc) is 2.47. The van der Waals surface area contributed by atoms with Gasteiger partial charge in [0.05, 0.1) is 13.7 Å². The highest BCUT2D eigenvalue weighted by molar-refractivity contribution is 5.50. The first-order valence-corrected chi connectivity index (χ1v) is 7.31. The van der Waals surface area contributed by atoms with Crippen molar-refractivity contribution in [3.8, 4) is 5.75 Å². The molecule has 0 saturated carbocycles. The quantitative estimate of drug-likeness (QED) is 0.707. The molecule has 0 unspecified atom stereocenters. The Hall–Kier alpha value is -1.26. The second kappa shape index (κ2) is 8.82. The topological polar surface area (TPSA) is 47.7 Å². The molecule has 2 N–H and O–H groups in total. The van der Waals surface area contributed by atoms with E-state index in [2.05, 4.69) is 18.7 Å². The Morgan fingerprint density at radius 2 is 1.90 bits per heavy atom. The van der Waals surface area contributed by atoms with Crippen molar-refractivity contribution in [2.75, 3.05) is 33.1 Å². The molecule has 4 nitrogen and oxygen atoms in total. The maximum atomic E-state index is 6.09. The van der Waals surface area contributed by atoms with E-state index in [0.717, 1.165) is 49.5 Å². The first kappa shape index (κ1) is 16.8. The summed E-state index contributed by atoms with van der Waals surface area (Å²) in [6, 6.07) is 6.39. The van der Waals surface area contributed by atoms with Gasteiger partial charge in [0.2, 0.25) is 0 Å². The molecule has 4 heteroatoms. The van der Waals surface area contributed by atoms with Gasteiger partial charge in [0.25, 0.3) is 0 Å². The van der Waals surface area contributed by atoms with Crippen LogP contribution >= 0.6 is 0 Å². The predicted octanol–water partition coefficient (Wildman–Crippen LogP) is 2.91. The third kappa shape index (κ3) is 4.69. The molecule has 0 aliphatic rings. The van der Waals surface area contributed by atoms with E-state index in [9.17, 15) is 0 Å². The number of nitrogens with zero attached hydrogens (tertiary/aromatic N) is 1. The molecule has 0 radical (unpaired) electrons. The fraction of sp³-hybridized carbons (Fsp3) is 0.625. The van der Waals surface area contributed by atoms with E-state index in [1.165, 1.54) is 0 Å². The Morgan fingerprint density at radius 3 is 2.45 bits per heavy atom. The molecule has 0 atom stereocenters. The lowest BCUT2D eigenvalue weighted by atomic mass is 10.1. The van der Waals surface area contributed by atoms with Crippen molar-refractivity contribution >= 4 is 5.69 Å². The van der Waals surface area contributed by atoms with Crippen molar-refractivity contribution in [3.05, 3.63) is 23.8 Å². The molecular weight excluding hydrogens is 252 g/mol. The van der Waals surface area contributed by atoms with E-state index < -0.39 is 0 Å². The van der Waals surface area contributed by atoms with E-state index in [-0.39, 0.29) is 0 Å². The van der Waals surface area contributed by atoms with Crippen LogP contribution in [0.25, 0.3) is 0 Å². The van der Waals surface area contributed by atoms with Crippen molar-refractivity contribution in [1.82, 2.24) is 4.90 Å². The third-order valence-electron chi connectivity index (χ3n) is 3.77. The van der Waals surface area contributed by atoms with Gasteiger partial charge in [-0.05, 0) is 36.6 Å². The van der Waals surface area contributed by atoms with Crippen LogP contribution in [0.5, 0.6) is 5.75 Å². The number of rotatable bonds is 9. The number of ether oxygens (including phenoxy) is 2. The maximum Gasteiger partial charge on any atom is 0.119 e. The molecule has 0 fully saturated rings. The van der Waals surface area contributed by atoms with Gasteiger partial charge in [-0.2, -0.15) is 0 Å². The Kier molecular flexibility index (Phi) is 7.41. The zero-order valence-electron chi connectivity index (χ0n) is 13.2. The van der Waals surface area contributed by atoms with Crippen LogP contribution in [-0.2, 0) is 11.3 Å². The smallest absolute Gasteiger partial charge is 0.119 e. The number of benzene rings is 1. The van der Waals surface area contributed by atoms with E-state index in [4.69, 9.17) is 15.2 Å². The largest absolute Gasteiger partial charge is 0.497 e. The van der Waals surface area contributed by atoms with Gasteiger partial charge in [-0.25, -0.2) is 0 Å². The standard InChI is InChI=1S/C16H28N2O2/c1-5-14(6-2)18(9-10-19-3)12-13-11-15(20-4)7-8-16(13)17/h7-8,11,14H,5-6,9-10,12,17H2,1-4H3. The van der Waals surface area contributed by atoms with Crippen LogP contribution < -0.4 is 10.5 Å². The van der Waals surface area contributed by atoms with Gasteiger partial charge in [0.1, 0.15) is 5.75 Å². The van der Waals surface area contributed by atoms with Crippen LogP contribution in [0.15, 0.2) is 18.2 Å². The lowest BCUT2D eigenvalue weighted by Crippen LogP contribution is -2.36. The fourth-order valence-corrected chi connectivity index (χ4v) is 2.47. The maximum absolute atomic E-state index is 6.09. The van der Waals surface area contributed by atoms with Gasteiger partial charge in [-0.15, -0.1) is 0 Å². The van der Waals surface area contributed by atoms with Crippen molar-refractivity contribution in [3.63, 3.8) is 0 Å². The Bertz CT molecular complexity index is 392. The molecule has 0 aliphatic carbocycles. The molecule has 1 aromatic rings. The Morgan fingerprint density at radius 1 is 1.20 bits per heavy atom. The van der Waals surface area contributed by atoms with Crippen LogP contribution in [0, 0.1) is 0 Å². The van der Waals surface area contributed by atoms with Crippen molar-refractivity contribution < 1.29 is 9.47 Å². The summed E-state index contributed by atoms with van der Waals surface area (Å²) in [6.45, 7) is 6.93. The van der Waals surface area contributed by atoms with E-state index in [0.29, 0.717) is 6.04 Å². The zero-order valence-corrected chi connectivity index (χ0v) is 13.2. The molecule has 0 aliphatic heterocycles. The van der Waals surface area contributed by atoms with E-state index in [1.54, 1.807) is 14.2 Å².